The molecule has 0 bridgehead atoms. The first-order valence-corrected chi connectivity index (χ1v) is 9.34. The standard InChI is InChI=1S/C22H28N2/c1-16-10-6-9-15-20(16)24-17(2)21(18-11-4-3-5-12-18)23-22(24)19-13-7-8-14-19/h3-6,9-12,15,17,19,21-23H,7-8,13-14H2,1-2H3/t17-,21?,22?/m0/s1/i/hD. The zero-order chi connectivity index (χ0) is 17.4. The van der Waals surface area contributed by atoms with Crippen molar-refractivity contribution in [1.29, 1.82) is 0 Å². The molecule has 0 spiro atoms. The van der Waals surface area contributed by atoms with Crippen molar-refractivity contribution in [3.8, 4) is 0 Å². The van der Waals surface area contributed by atoms with E-state index in [1.807, 2.05) is 5.31 Å². The molecule has 2 heteroatoms. The number of hydrogen-bond acceptors (Lipinski definition) is 2. The van der Waals surface area contributed by atoms with E-state index in [1.54, 1.807) is 0 Å². The van der Waals surface area contributed by atoms with Crippen LogP contribution in [0.1, 0.15) is 49.8 Å². The third-order valence-corrected chi connectivity index (χ3v) is 5.85. The van der Waals surface area contributed by atoms with Gasteiger partial charge in [-0.05, 0) is 49.8 Å². The number of hydrogen-bond donors (Lipinski definition) is 1. The summed E-state index contributed by atoms with van der Waals surface area (Å²) in [5.74, 6) is 0.591. The molecule has 0 radical (unpaired) electrons. The van der Waals surface area contributed by atoms with Crippen LogP contribution in [0.15, 0.2) is 54.6 Å². The lowest BCUT2D eigenvalue weighted by Crippen LogP contribution is -2.43. The number of nitrogens with zero attached hydrogens (tertiary/aromatic N) is 1. The summed E-state index contributed by atoms with van der Waals surface area (Å²) in [5, 5.41) is 1.91. The molecule has 2 aromatic rings. The minimum atomic E-state index is 0.117. The molecule has 4 rings (SSSR count). The Morgan fingerprint density at radius 3 is 2.38 bits per heavy atom. The summed E-state index contributed by atoms with van der Waals surface area (Å²) in [4.78, 5) is 2.54. The Morgan fingerprint density at radius 1 is 1.00 bits per heavy atom. The minimum Gasteiger partial charge on any atom is -0.351 e. The fourth-order valence-corrected chi connectivity index (χ4v) is 4.59. The van der Waals surface area contributed by atoms with Crippen LogP contribution in [-0.2, 0) is 0 Å². The first kappa shape index (κ1) is 14.5. The lowest BCUT2D eigenvalue weighted by atomic mass is 10.0. The zero-order valence-corrected chi connectivity index (χ0v) is 14.7. The second-order valence-corrected chi connectivity index (χ2v) is 7.40. The fourth-order valence-electron chi connectivity index (χ4n) is 4.59. The van der Waals surface area contributed by atoms with E-state index in [9.17, 15) is 0 Å². The van der Waals surface area contributed by atoms with Crippen LogP contribution in [-0.4, -0.2) is 12.2 Å². The normalized spacial score (nSPS) is 29.2. The topological polar surface area (TPSA) is 15.3 Å². The van der Waals surface area contributed by atoms with Crippen LogP contribution in [0, 0.1) is 12.8 Å². The summed E-state index contributed by atoms with van der Waals surface area (Å²) in [5.41, 5.74) is 3.85. The molecule has 1 aliphatic heterocycles. The van der Waals surface area contributed by atoms with Crippen molar-refractivity contribution < 1.29 is 1.41 Å². The highest BCUT2D eigenvalue weighted by molar-refractivity contribution is 5.56. The summed E-state index contributed by atoms with van der Waals surface area (Å²) >= 11 is 0. The van der Waals surface area contributed by atoms with Crippen molar-refractivity contribution >= 4 is 5.69 Å². The van der Waals surface area contributed by atoms with Gasteiger partial charge in [0, 0.05) is 11.7 Å². The van der Waals surface area contributed by atoms with Gasteiger partial charge < -0.3 is 4.90 Å². The molecule has 2 fully saturated rings. The molecule has 1 heterocycles. The maximum atomic E-state index is 9.02. The van der Waals surface area contributed by atoms with E-state index in [4.69, 9.17) is 1.41 Å². The van der Waals surface area contributed by atoms with E-state index in [2.05, 4.69) is 73.3 Å². The molecule has 3 atom stereocenters. The second kappa shape index (κ2) is 6.60. The fraction of sp³-hybridized carbons (Fsp3) is 0.455. The van der Waals surface area contributed by atoms with E-state index in [-0.39, 0.29) is 18.2 Å². The van der Waals surface area contributed by atoms with E-state index in [0.717, 1.165) is 0 Å². The summed E-state index contributed by atoms with van der Waals surface area (Å²) in [6.45, 7) is 4.48. The summed E-state index contributed by atoms with van der Waals surface area (Å²) in [6.07, 6.45) is 5.28. The summed E-state index contributed by atoms with van der Waals surface area (Å²) in [7, 11) is 0. The average Bonchev–Trinajstić information content (AvgIpc) is 3.23. The molecule has 126 valence electrons. The van der Waals surface area contributed by atoms with Gasteiger partial charge in [0.15, 0.2) is 0 Å². The Labute approximate surface area is 147 Å². The average molecular weight is 321 g/mol. The van der Waals surface area contributed by atoms with Gasteiger partial charge in [0.1, 0.15) is 1.41 Å². The highest BCUT2D eigenvalue weighted by atomic mass is 15.4. The van der Waals surface area contributed by atoms with Gasteiger partial charge in [-0.25, -0.2) is 0 Å². The Bertz CT molecular complexity index is 711. The SMILES string of the molecule is [2H]N1C(c2ccccc2)[C@H](C)N(c2ccccc2C)C1C1CCCC1. The van der Waals surface area contributed by atoms with Gasteiger partial charge in [-0.3, -0.25) is 5.31 Å². The lowest BCUT2D eigenvalue weighted by Gasteiger charge is -2.34. The molecule has 1 saturated heterocycles. The predicted molar refractivity (Wildman–Crippen MR) is 101 cm³/mol. The second-order valence-electron chi connectivity index (χ2n) is 7.40. The largest absolute Gasteiger partial charge is 0.351 e. The number of aryl methyl sites for hydroxylation is 1. The lowest BCUT2D eigenvalue weighted by molar-refractivity contribution is 0.385. The molecule has 2 nitrogen and oxygen atoms in total. The van der Waals surface area contributed by atoms with Crippen LogP contribution in [0.5, 0.6) is 0 Å². The smallest absolute Gasteiger partial charge is 0.125 e. The Balaban J connectivity index is 1.77. The van der Waals surface area contributed by atoms with Gasteiger partial charge in [-0.1, -0.05) is 61.4 Å². The monoisotopic (exact) mass is 321 g/mol. The van der Waals surface area contributed by atoms with Crippen molar-refractivity contribution in [2.75, 3.05) is 4.90 Å². The van der Waals surface area contributed by atoms with Gasteiger partial charge in [-0.15, -0.1) is 0 Å². The molecule has 2 aromatic carbocycles. The third kappa shape index (κ3) is 2.73. The first-order valence-electron chi connectivity index (χ1n) is 9.79. The maximum absolute atomic E-state index is 9.02. The number of benzene rings is 2. The molecule has 24 heavy (non-hydrogen) atoms. The molecule has 1 N–H and O–H groups in total. The van der Waals surface area contributed by atoms with E-state index in [0.29, 0.717) is 5.92 Å². The Hall–Kier alpha value is -1.80. The maximum Gasteiger partial charge on any atom is 0.125 e. The number of nitrogens with one attached hydrogen (secondary N) is 1. The van der Waals surface area contributed by atoms with Crippen molar-refractivity contribution in [3.63, 3.8) is 0 Å². The van der Waals surface area contributed by atoms with Crippen molar-refractivity contribution in [1.82, 2.24) is 5.31 Å². The zero-order valence-electron chi connectivity index (χ0n) is 15.7. The van der Waals surface area contributed by atoms with Crippen LogP contribution >= 0.6 is 0 Å². The molecule has 0 amide bonds. The molecular formula is C22H28N2. The van der Waals surface area contributed by atoms with E-state index < -0.39 is 0 Å². The quantitative estimate of drug-likeness (QED) is 0.851. The first-order chi connectivity index (χ1) is 12.2. The van der Waals surface area contributed by atoms with Gasteiger partial charge in [0.2, 0.25) is 0 Å². The van der Waals surface area contributed by atoms with Crippen LogP contribution in [0.2, 0.25) is 1.41 Å². The summed E-state index contributed by atoms with van der Waals surface area (Å²) in [6, 6.07) is 19.7. The van der Waals surface area contributed by atoms with Gasteiger partial charge in [0.25, 0.3) is 0 Å². The van der Waals surface area contributed by atoms with Crippen LogP contribution in [0.3, 0.4) is 0 Å². The molecule has 0 aromatic heterocycles. The predicted octanol–water partition coefficient (Wildman–Crippen LogP) is 5.05. The third-order valence-electron chi connectivity index (χ3n) is 5.85. The molecule has 2 aliphatic rings. The molecular weight excluding hydrogens is 292 g/mol. The van der Waals surface area contributed by atoms with Crippen LogP contribution in [0.4, 0.5) is 5.69 Å². The highest BCUT2D eigenvalue weighted by Crippen LogP contribution is 2.41. The molecule has 2 unspecified atom stereocenters. The van der Waals surface area contributed by atoms with Crippen molar-refractivity contribution in [3.05, 3.63) is 65.7 Å². The van der Waals surface area contributed by atoms with Crippen LogP contribution in [0.25, 0.3) is 0 Å². The highest BCUT2D eigenvalue weighted by Gasteiger charge is 2.43. The van der Waals surface area contributed by atoms with Gasteiger partial charge in [0.05, 0.1) is 12.2 Å². The summed E-state index contributed by atoms with van der Waals surface area (Å²) < 4.78 is 9.02. The van der Waals surface area contributed by atoms with Gasteiger partial charge in [-0.2, -0.15) is 0 Å². The van der Waals surface area contributed by atoms with Crippen LogP contribution < -0.4 is 10.2 Å². The van der Waals surface area contributed by atoms with E-state index in [1.165, 1.54) is 42.5 Å². The molecule has 1 saturated carbocycles. The number of rotatable bonds is 3. The number of para-hydroxylation sites is 1. The molecule has 1 aliphatic carbocycles. The number of anilines is 1. The Morgan fingerprint density at radius 2 is 1.67 bits per heavy atom. The Kier molecular flexibility index (Phi) is 4.00. The van der Waals surface area contributed by atoms with Gasteiger partial charge >= 0.3 is 0 Å². The van der Waals surface area contributed by atoms with E-state index >= 15 is 0 Å². The minimum absolute atomic E-state index is 0.117. The van der Waals surface area contributed by atoms with Crippen molar-refractivity contribution in [2.24, 2.45) is 5.92 Å². The van der Waals surface area contributed by atoms with Crippen molar-refractivity contribution in [2.45, 2.75) is 57.8 Å².